The average molecular weight is 509 g/mol. The molecule has 168 valence electrons. The topological polar surface area (TPSA) is 80.0 Å². The number of aliphatic hydroxyl groups is 1. The maximum atomic E-state index is 13.7. The van der Waals surface area contributed by atoms with Gasteiger partial charge in [-0.15, -0.1) is 0 Å². The van der Waals surface area contributed by atoms with Crippen LogP contribution in [0, 0.1) is 0 Å². The molecule has 0 aliphatic heterocycles. The second kappa shape index (κ2) is 8.67. The smallest absolute Gasteiger partial charge is 0.387 e. The minimum Gasteiger partial charge on any atom is -0.387 e. The summed E-state index contributed by atoms with van der Waals surface area (Å²) in [5.74, 6) is -0.827. The molecule has 1 fully saturated rings. The van der Waals surface area contributed by atoms with E-state index in [2.05, 4.69) is 31.3 Å². The third-order valence-electron chi connectivity index (χ3n) is 5.64. The first kappa shape index (κ1) is 22.5. The molecule has 6 nitrogen and oxygen atoms in total. The van der Waals surface area contributed by atoms with E-state index in [0.29, 0.717) is 18.4 Å². The standard InChI is InChI=1S/C22H20BrF3N4O2/c23-15-6-3-5-14(13-15)19(21(32)8-1-2-9-21)29-20(31)17-18(30-12-4-10-28-30)16(7-11-27-17)22(24,25)26/h3-7,10-13,19,32H,1-2,8-9H2,(H,29,31)/t19-/m0/s1. The Labute approximate surface area is 190 Å². The van der Waals surface area contributed by atoms with Crippen molar-refractivity contribution in [2.24, 2.45) is 0 Å². The van der Waals surface area contributed by atoms with E-state index < -0.39 is 40.7 Å². The molecule has 0 radical (unpaired) electrons. The third kappa shape index (κ3) is 4.42. The van der Waals surface area contributed by atoms with Crippen LogP contribution in [0.1, 0.15) is 53.3 Å². The number of benzene rings is 1. The van der Waals surface area contributed by atoms with E-state index >= 15 is 0 Å². The molecule has 1 saturated carbocycles. The Morgan fingerprint density at radius 2 is 1.94 bits per heavy atom. The highest BCUT2D eigenvalue weighted by molar-refractivity contribution is 9.10. The first-order valence-corrected chi connectivity index (χ1v) is 10.8. The maximum absolute atomic E-state index is 13.7. The predicted molar refractivity (Wildman–Crippen MR) is 114 cm³/mol. The number of aromatic nitrogens is 3. The maximum Gasteiger partial charge on any atom is 0.418 e. The van der Waals surface area contributed by atoms with E-state index in [1.807, 2.05) is 6.07 Å². The van der Waals surface area contributed by atoms with Gasteiger partial charge in [0, 0.05) is 23.1 Å². The van der Waals surface area contributed by atoms with Crippen LogP contribution in [0.3, 0.4) is 0 Å². The van der Waals surface area contributed by atoms with E-state index in [-0.39, 0.29) is 0 Å². The van der Waals surface area contributed by atoms with Gasteiger partial charge in [-0.3, -0.25) is 4.79 Å². The molecule has 1 amide bonds. The zero-order valence-electron chi connectivity index (χ0n) is 16.8. The van der Waals surface area contributed by atoms with Crippen molar-refractivity contribution in [1.29, 1.82) is 0 Å². The lowest BCUT2D eigenvalue weighted by molar-refractivity contribution is -0.137. The molecule has 1 aromatic carbocycles. The van der Waals surface area contributed by atoms with Gasteiger partial charge < -0.3 is 10.4 Å². The summed E-state index contributed by atoms with van der Waals surface area (Å²) in [4.78, 5) is 17.3. The van der Waals surface area contributed by atoms with Crippen LogP contribution in [0.4, 0.5) is 13.2 Å². The van der Waals surface area contributed by atoms with Crippen LogP contribution in [0.15, 0.2) is 59.5 Å². The molecule has 32 heavy (non-hydrogen) atoms. The molecule has 2 heterocycles. The lowest BCUT2D eigenvalue weighted by atomic mass is 9.87. The number of carbonyl (C=O) groups is 1. The first-order chi connectivity index (χ1) is 15.2. The Morgan fingerprint density at radius 3 is 2.56 bits per heavy atom. The minimum atomic E-state index is -4.72. The fourth-order valence-corrected chi connectivity index (χ4v) is 4.59. The number of amides is 1. The zero-order chi connectivity index (χ0) is 22.9. The summed E-state index contributed by atoms with van der Waals surface area (Å²) >= 11 is 3.39. The summed E-state index contributed by atoms with van der Waals surface area (Å²) in [5, 5.41) is 17.9. The molecule has 0 unspecified atom stereocenters. The van der Waals surface area contributed by atoms with Crippen molar-refractivity contribution < 1.29 is 23.1 Å². The zero-order valence-corrected chi connectivity index (χ0v) is 18.4. The molecule has 2 aromatic heterocycles. The summed E-state index contributed by atoms with van der Waals surface area (Å²) < 4.78 is 42.9. The highest BCUT2D eigenvalue weighted by Crippen LogP contribution is 2.41. The SMILES string of the molecule is O=C(N[C@@H](c1cccc(Br)c1)C1(O)CCCC1)c1nccc(C(F)(F)F)c1-n1cccn1. The number of pyridine rings is 1. The monoisotopic (exact) mass is 508 g/mol. The number of hydrogen-bond donors (Lipinski definition) is 2. The average Bonchev–Trinajstić information content (AvgIpc) is 3.43. The molecule has 1 aliphatic rings. The summed E-state index contributed by atoms with van der Waals surface area (Å²) in [6, 6.07) is 8.57. The number of nitrogens with zero attached hydrogens (tertiary/aromatic N) is 3. The molecular weight excluding hydrogens is 489 g/mol. The number of carbonyl (C=O) groups excluding carboxylic acids is 1. The largest absolute Gasteiger partial charge is 0.418 e. The van der Waals surface area contributed by atoms with Crippen LogP contribution in [0.2, 0.25) is 0 Å². The van der Waals surface area contributed by atoms with Gasteiger partial charge in [0.15, 0.2) is 5.69 Å². The van der Waals surface area contributed by atoms with E-state index in [9.17, 15) is 23.1 Å². The van der Waals surface area contributed by atoms with Crippen LogP contribution in [-0.2, 0) is 6.18 Å². The molecule has 10 heteroatoms. The van der Waals surface area contributed by atoms with Gasteiger partial charge in [0.05, 0.1) is 17.2 Å². The van der Waals surface area contributed by atoms with Gasteiger partial charge in [-0.1, -0.05) is 40.9 Å². The lowest BCUT2D eigenvalue weighted by Gasteiger charge is -2.34. The first-order valence-electron chi connectivity index (χ1n) is 10.0. The Balaban J connectivity index is 1.78. The summed E-state index contributed by atoms with van der Waals surface area (Å²) in [6.07, 6.45) is 1.38. The number of hydrogen-bond acceptors (Lipinski definition) is 4. The van der Waals surface area contributed by atoms with E-state index in [4.69, 9.17) is 0 Å². The lowest BCUT2D eigenvalue weighted by Crippen LogP contribution is -2.45. The Hall–Kier alpha value is -2.72. The Morgan fingerprint density at radius 1 is 1.19 bits per heavy atom. The normalized spacial score (nSPS) is 16.7. The molecule has 1 aliphatic carbocycles. The summed E-state index contributed by atoms with van der Waals surface area (Å²) in [7, 11) is 0. The van der Waals surface area contributed by atoms with Crippen LogP contribution >= 0.6 is 15.9 Å². The molecule has 0 bridgehead atoms. The Kier molecular flexibility index (Phi) is 6.09. The van der Waals surface area contributed by atoms with Crippen LogP contribution < -0.4 is 5.32 Å². The Bertz CT molecular complexity index is 1110. The third-order valence-corrected chi connectivity index (χ3v) is 6.14. The highest BCUT2D eigenvalue weighted by Gasteiger charge is 2.42. The molecule has 2 N–H and O–H groups in total. The van der Waals surface area contributed by atoms with Gasteiger partial charge in [0.1, 0.15) is 5.69 Å². The van der Waals surface area contributed by atoms with Crippen LogP contribution in [0.5, 0.6) is 0 Å². The van der Waals surface area contributed by atoms with Gasteiger partial charge in [-0.25, -0.2) is 9.67 Å². The molecular formula is C22H20BrF3N4O2. The summed E-state index contributed by atoms with van der Waals surface area (Å²) in [6.45, 7) is 0. The van der Waals surface area contributed by atoms with Crippen molar-refractivity contribution in [3.8, 4) is 5.69 Å². The van der Waals surface area contributed by atoms with Crippen molar-refractivity contribution >= 4 is 21.8 Å². The molecule has 1 atom stereocenters. The van der Waals surface area contributed by atoms with Gasteiger partial charge >= 0.3 is 6.18 Å². The fraction of sp³-hybridized carbons (Fsp3) is 0.318. The van der Waals surface area contributed by atoms with Crippen molar-refractivity contribution in [3.63, 3.8) is 0 Å². The van der Waals surface area contributed by atoms with Crippen LogP contribution in [0.25, 0.3) is 5.69 Å². The second-order valence-corrected chi connectivity index (χ2v) is 8.69. The summed E-state index contributed by atoms with van der Waals surface area (Å²) in [5.41, 5.74) is -2.49. The number of nitrogens with one attached hydrogen (secondary N) is 1. The quantitative estimate of drug-likeness (QED) is 0.517. The number of alkyl halides is 3. The van der Waals surface area contributed by atoms with Crippen molar-refractivity contribution in [2.75, 3.05) is 0 Å². The van der Waals surface area contributed by atoms with E-state index in [0.717, 1.165) is 34.3 Å². The van der Waals surface area contributed by atoms with Crippen LogP contribution in [-0.4, -0.2) is 31.4 Å². The molecule has 0 saturated heterocycles. The molecule has 0 spiro atoms. The molecule has 3 aromatic rings. The van der Waals surface area contributed by atoms with Crippen molar-refractivity contribution in [3.05, 3.63) is 76.3 Å². The highest BCUT2D eigenvalue weighted by atomic mass is 79.9. The van der Waals surface area contributed by atoms with E-state index in [1.54, 1.807) is 18.2 Å². The minimum absolute atomic E-state index is 0.426. The fourth-order valence-electron chi connectivity index (χ4n) is 4.17. The van der Waals surface area contributed by atoms with Gasteiger partial charge in [-0.2, -0.15) is 18.3 Å². The van der Waals surface area contributed by atoms with E-state index in [1.165, 1.54) is 18.5 Å². The van der Waals surface area contributed by atoms with Crippen molar-refractivity contribution in [1.82, 2.24) is 20.1 Å². The van der Waals surface area contributed by atoms with Gasteiger partial charge in [0.2, 0.25) is 0 Å². The van der Waals surface area contributed by atoms with Gasteiger partial charge in [0.25, 0.3) is 5.91 Å². The van der Waals surface area contributed by atoms with Crippen molar-refractivity contribution in [2.45, 2.75) is 43.5 Å². The van der Waals surface area contributed by atoms with Gasteiger partial charge in [-0.05, 0) is 42.7 Å². The predicted octanol–water partition coefficient (Wildman–Crippen LogP) is 4.82. The molecule has 4 rings (SSSR count). The number of rotatable bonds is 5. The number of halogens is 4. The second-order valence-electron chi connectivity index (χ2n) is 7.78.